The van der Waals surface area contributed by atoms with Gasteiger partial charge in [-0.1, -0.05) is 36.4 Å². The molecule has 114 valence electrons. The molecule has 23 heavy (non-hydrogen) atoms. The van der Waals surface area contributed by atoms with Crippen molar-refractivity contribution in [3.05, 3.63) is 88.5 Å². The molecule has 0 bridgehead atoms. The Morgan fingerprint density at radius 1 is 0.826 bits per heavy atom. The zero-order chi connectivity index (χ0) is 16.2. The van der Waals surface area contributed by atoms with E-state index in [2.05, 4.69) is 18.3 Å². The van der Waals surface area contributed by atoms with Crippen molar-refractivity contribution in [2.24, 2.45) is 0 Å². The molecule has 3 rings (SSSR count). The number of aryl methyl sites for hydroxylation is 1. The Hall–Kier alpha value is -3.14. The monoisotopic (exact) mass is 304 g/mol. The largest absolute Gasteiger partial charge is 0.355 e. The Morgan fingerprint density at radius 2 is 1.43 bits per heavy atom. The summed E-state index contributed by atoms with van der Waals surface area (Å²) in [7, 11) is 0. The van der Waals surface area contributed by atoms with E-state index in [4.69, 9.17) is 0 Å². The quantitative estimate of drug-likeness (QED) is 0.524. The summed E-state index contributed by atoms with van der Waals surface area (Å²) in [6.07, 6.45) is 0. The SMILES string of the molecule is Cc1ccccc1Nc1ccccc1-c1ccc([N+](=O)[O-])cc1. The lowest BCUT2D eigenvalue weighted by atomic mass is 10.0. The van der Waals surface area contributed by atoms with Gasteiger partial charge in [-0.15, -0.1) is 0 Å². The molecule has 0 atom stereocenters. The highest BCUT2D eigenvalue weighted by Gasteiger charge is 2.09. The summed E-state index contributed by atoms with van der Waals surface area (Å²) in [5, 5.41) is 14.2. The number of rotatable bonds is 4. The van der Waals surface area contributed by atoms with Crippen molar-refractivity contribution < 1.29 is 4.92 Å². The number of benzene rings is 3. The first-order valence-electron chi connectivity index (χ1n) is 7.31. The van der Waals surface area contributed by atoms with Gasteiger partial charge in [0.2, 0.25) is 0 Å². The minimum absolute atomic E-state index is 0.0955. The van der Waals surface area contributed by atoms with E-state index in [1.165, 1.54) is 12.1 Å². The van der Waals surface area contributed by atoms with E-state index in [0.717, 1.165) is 28.1 Å². The van der Waals surface area contributed by atoms with E-state index < -0.39 is 0 Å². The second-order valence-corrected chi connectivity index (χ2v) is 5.29. The molecule has 3 aromatic carbocycles. The average Bonchev–Trinajstić information content (AvgIpc) is 2.57. The summed E-state index contributed by atoms with van der Waals surface area (Å²) in [5.41, 5.74) is 5.21. The molecule has 0 aliphatic carbocycles. The molecule has 4 heteroatoms. The first-order chi connectivity index (χ1) is 11.1. The molecule has 0 spiro atoms. The molecular formula is C19H16N2O2. The summed E-state index contributed by atoms with van der Waals surface area (Å²) in [5.74, 6) is 0. The Morgan fingerprint density at radius 3 is 2.09 bits per heavy atom. The Bertz CT molecular complexity index is 842. The fourth-order valence-electron chi connectivity index (χ4n) is 2.46. The predicted octanol–water partition coefficient (Wildman–Crippen LogP) is 5.31. The van der Waals surface area contributed by atoms with Crippen LogP contribution in [-0.2, 0) is 0 Å². The third-order valence-electron chi connectivity index (χ3n) is 3.73. The Labute approximate surface area is 134 Å². The average molecular weight is 304 g/mol. The van der Waals surface area contributed by atoms with Crippen LogP contribution < -0.4 is 5.32 Å². The van der Waals surface area contributed by atoms with Gasteiger partial charge in [-0.05, 0) is 42.3 Å². The van der Waals surface area contributed by atoms with E-state index in [1.54, 1.807) is 12.1 Å². The van der Waals surface area contributed by atoms with Crippen molar-refractivity contribution in [2.75, 3.05) is 5.32 Å². The third kappa shape index (κ3) is 3.21. The number of nitrogens with zero attached hydrogens (tertiary/aromatic N) is 1. The molecule has 4 nitrogen and oxygen atoms in total. The standard InChI is InChI=1S/C19H16N2O2/c1-14-6-2-4-8-18(14)20-19-9-5-3-7-17(19)15-10-12-16(13-11-15)21(22)23/h2-13,20H,1H3. The number of anilines is 2. The zero-order valence-corrected chi connectivity index (χ0v) is 12.7. The lowest BCUT2D eigenvalue weighted by molar-refractivity contribution is -0.384. The number of nitrogens with one attached hydrogen (secondary N) is 1. The fraction of sp³-hybridized carbons (Fsp3) is 0.0526. The number of hydrogen-bond acceptors (Lipinski definition) is 3. The fourth-order valence-corrected chi connectivity index (χ4v) is 2.46. The van der Waals surface area contributed by atoms with Crippen LogP contribution in [0.5, 0.6) is 0 Å². The van der Waals surface area contributed by atoms with Crippen LogP contribution in [-0.4, -0.2) is 4.92 Å². The molecule has 0 radical (unpaired) electrons. The van der Waals surface area contributed by atoms with Crippen molar-refractivity contribution in [3.63, 3.8) is 0 Å². The maximum atomic E-state index is 10.8. The second-order valence-electron chi connectivity index (χ2n) is 5.29. The minimum Gasteiger partial charge on any atom is -0.355 e. The topological polar surface area (TPSA) is 55.2 Å². The first kappa shape index (κ1) is 14.8. The van der Waals surface area contributed by atoms with Gasteiger partial charge >= 0.3 is 0 Å². The van der Waals surface area contributed by atoms with E-state index in [9.17, 15) is 10.1 Å². The maximum absolute atomic E-state index is 10.8. The van der Waals surface area contributed by atoms with Crippen molar-refractivity contribution in [2.45, 2.75) is 6.92 Å². The van der Waals surface area contributed by atoms with Gasteiger partial charge < -0.3 is 5.32 Å². The van der Waals surface area contributed by atoms with Gasteiger partial charge in [-0.3, -0.25) is 10.1 Å². The van der Waals surface area contributed by atoms with Crippen LogP contribution >= 0.6 is 0 Å². The van der Waals surface area contributed by atoms with Crippen LogP contribution in [0.4, 0.5) is 17.1 Å². The zero-order valence-electron chi connectivity index (χ0n) is 12.7. The van der Waals surface area contributed by atoms with Gasteiger partial charge in [0.1, 0.15) is 0 Å². The van der Waals surface area contributed by atoms with Crippen LogP contribution in [0.25, 0.3) is 11.1 Å². The third-order valence-corrected chi connectivity index (χ3v) is 3.73. The molecule has 0 aliphatic heterocycles. The summed E-state index contributed by atoms with van der Waals surface area (Å²) in [6.45, 7) is 2.05. The molecule has 0 aromatic heterocycles. The van der Waals surface area contributed by atoms with Crippen LogP contribution in [0.3, 0.4) is 0 Å². The highest BCUT2D eigenvalue weighted by atomic mass is 16.6. The van der Waals surface area contributed by atoms with Gasteiger partial charge in [0, 0.05) is 29.1 Å². The van der Waals surface area contributed by atoms with Gasteiger partial charge in [0.05, 0.1) is 4.92 Å². The van der Waals surface area contributed by atoms with Crippen LogP contribution in [0.15, 0.2) is 72.8 Å². The van der Waals surface area contributed by atoms with E-state index in [0.29, 0.717) is 0 Å². The normalized spacial score (nSPS) is 10.3. The van der Waals surface area contributed by atoms with Crippen molar-refractivity contribution in [3.8, 4) is 11.1 Å². The van der Waals surface area contributed by atoms with E-state index >= 15 is 0 Å². The number of hydrogen-bond donors (Lipinski definition) is 1. The van der Waals surface area contributed by atoms with Crippen molar-refractivity contribution in [1.82, 2.24) is 0 Å². The van der Waals surface area contributed by atoms with Gasteiger partial charge in [0.25, 0.3) is 5.69 Å². The number of nitro groups is 1. The molecule has 0 unspecified atom stereocenters. The van der Waals surface area contributed by atoms with Crippen molar-refractivity contribution in [1.29, 1.82) is 0 Å². The van der Waals surface area contributed by atoms with Crippen LogP contribution in [0.1, 0.15) is 5.56 Å². The number of non-ortho nitro benzene ring substituents is 1. The lowest BCUT2D eigenvalue weighted by Gasteiger charge is -2.14. The summed E-state index contributed by atoms with van der Waals surface area (Å²) in [4.78, 5) is 10.4. The summed E-state index contributed by atoms with van der Waals surface area (Å²) < 4.78 is 0. The molecule has 0 fully saturated rings. The van der Waals surface area contributed by atoms with E-state index in [1.807, 2.05) is 42.5 Å². The molecular weight excluding hydrogens is 288 g/mol. The molecule has 3 aromatic rings. The smallest absolute Gasteiger partial charge is 0.269 e. The molecule has 0 heterocycles. The highest BCUT2D eigenvalue weighted by Crippen LogP contribution is 2.32. The van der Waals surface area contributed by atoms with Gasteiger partial charge in [-0.2, -0.15) is 0 Å². The minimum atomic E-state index is -0.388. The highest BCUT2D eigenvalue weighted by molar-refractivity contribution is 5.81. The molecule has 0 amide bonds. The van der Waals surface area contributed by atoms with Gasteiger partial charge in [0.15, 0.2) is 0 Å². The molecule has 1 N–H and O–H groups in total. The van der Waals surface area contributed by atoms with Crippen molar-refractivity contribution >= 4 is 17.1 Å². The molecule has 0 aliphatic rings. The first-order valence-corrected chi connectivity index (χ1v) is 7.31. The van der Waals surface area contributed by atoms with Crippen LogP contribution in [0, 0.1) is 17.0 Å². The predicted molar refractivity (Wildman–Crippen MR) is 93.0 cm³/mol. The van der Waals surface area contributed by atoms with Crippen LogP contribution in [0.2, 0.25) is 0 Å². The number of nitro benzene ring substituents is 1. The number of para-hydroxylation sites is 2. The molecule has 0 saturated carbocycles. The summed E-state index contributed by atoms with van der Waals surface area (Å²) in [6, 6.07) is 22.6. The van der Waals surface area contributed by atoms with E-state index in [-0.39, 0.29) is 10.6 Å². The maximum Gasteiger partial charge on any atom is 0.269 e. The second kappa shape index (κ2) is 6.32. The molecule has 0 saturated heterocycles. The Kier molecular flexibility index (Phi) is 4.06. The summed E-state index contributed by atoms with van der Waals surface area (Å²) >= 11 is 0. The Balaban J connectivity index is 1.98. The lowest BCUT2D eigenvalue weighted by Crippen LogP contribution is -1.95. The van der Waals surface area contributed by atoms with Gasteiger partial charge in [-0.25, -0.2) is 0 Å².